The van der Waals surface area contributed by atoms with Gasteiger partial charge in [-0.15, -0.1) is 0 Å². The molecule has 1 aromatic heterocycles. The lowest BCUT2D eigenvalue weighted by atomic mass is 10.2. The molecule has 0 unspecified atom stereocenters. The Morgan fingerprint density at radius 2 is 2.27 bits per heavy atom. The molecule has 0 fully saturated rings. The van der Waals surface area contributed by atoms with E-state index in [0.717, 1.165) is 11.3 Å². The predicted octanol–water partition coefficient (Wildman–Crippen LogP) is 2.96. The Morgan fingerprint density at radius 3 is 2.73 bits per heavy atom. The van der Waals surface area contributed by atoms with Gasteiger partial charge in [-0.3, -0.25) is 4.98 Å². The van der Waals surface area contributed by atoms with E-state index in [4.69, 9.17) is 35.4 Å². The van der Waals surface area contributed by atoms with Crippen molar-refractivity contribution in [2.24, 2.45) is 0 Å². The SMILES string of the molecule is Cc1ncc(Cl)cc1C(=S)Cl. The summed E-state index contributed by atoms with van der Waals surface area (Å²) in [5.41, 5.74) is 1.53. The van der Waals surface area contributed by atoms with E-state index in [-0.39, 0.29) is 0 Å². The summed E-state index contributed by atoms with van der Waals surface area (Å²) in [5, 5.41) is 0.550. The molecule has 1 aromatic rings. The summed E-state index contributed by atoms with van der Waals surface area (Å²) in [6.45, 7) is 1.83. The summed E-state index contributed by atoms with van der Waals surface area (Å²) in [6, 6.07) is 1.71. The van der Waals surface area contributed by atoms with Crippen LogP contribution < -0.4 is 0 Å². The first-order valence-corrected chi connectivity index (χ1v) is 4.09. The molecular weight excluding hydrogens is 201 g/mol. The Bertz CT molecular complexity index is 298. The van der Waals surface area contributed by atoms with Crippen LogP contribution in [0.3, 0.4) is 0 Å². The second-order valence-corrected chi connectivity index (χ2v) is 3.51. The quantitative estimate of drug-likeness (QED) is 0.517. The van der Waals surface area contributed by atoms with Crippen LogP contribution in [0, 0.1) is 6.92 Å². The van der Waals surface area contributed by atoms with E-state index in [1.54, 1.807) is 12.3 Å². The molecule has 58 valence electrons. The summed E-state index contributed by atoms with van der Waals surface area (Å²) in [7, 11) is 0. The number of thiocarbonyl (C=S) groups is 1. The van der Waals surface area contributed by atoms with E-state index in [0.29, 0.717) is 9.35 Å². The van der Waals surface area contributed by atoms with Gasteiger partial charge in [0.25, 0.3) is 0 Å². The molecule has 0 bridgehead atoms. The molecule has 1 heterocycles. The zero-order valence-electron chi connectivity index (χ0n) is 5.77. The Labute approximate surface area is 80.3 Å². The molecule has 0 saturated carbocycles. The summed E-state index contributed by atoms with van der Waals surface area (Å²) >= 11 is 16.1. The smallest absolute Gasteiger partial charge is 0.113 e. The van der Waals surface area contributed by atoms with Gasteiger partial charge < -0.3 is 0 Å². The highest BCUT2D eigenvalue weighted by atomic mass is 35.5. The molecule has 11 heavy (non-hydrogen) atoms. The molecule has 0 atom stereocenters. The van der Waals surface area contributed by atoms with Gasteiger partial charge in [0, 0.05) is 17.5 Å². The van der Waals surface area contributed by atoms with Gasteiger partial charge in [-0.05, 0) is 13.0 Å². The van der Waals surface area contributed by atoms with E-state index in [2.05, 4.69) is 4.98 Å². The number of pyridine rings is 1. The van der Waals surface area contributed by atoms with Crippen molar-refractivity contribution < 1.29 is 0 Å². The van der Waals surface area contributed by atoms with Crippen molar-refractivity contribution in [3.63, 3.8) is 0 Å². The van der Waals surface area contributed by atoms with Crippen molar-refractivity contribution in [1.29, 1.82) is 0 Å². The number of hydrogen-bond donors (Lipinski definition) is 0. The van der Waals surface area contributed by atoms with Crippen molar-refractivity contribution in [2.45, 2.75) is 6.92 Å². The summed E-state index contributed by atoms with van der Waals surface area (Å²) in [4.78, 5) is 4.00. The molecule has 0 amide bonds. The van der Waals surface area contributed by atoms with Gasteiger partial charge >= 0.3 is 0 Å². The van der Waals surface area contributed by atoms with Crippen molar-refractivity contribution in [2.75, 3.05) is 0 Å². The second kappa shape index (κ2) is 3.48. The molecule has 1 nitrogen and oxygen atoms in total. The largest absolute Gasteiger partial charge is 0.259 e. The minimum Gasteiger partial charge on any atom is -0.259 e. The average Bonchev–Trinajstić information content (AvgIpc) is 1.94. The zero-order valence-corrected chi connectivity index (χ0v) is 8.09. The fraction of sp³-hybridized carbons (Fsp3) is 0.143. The molecule has 4 heteroatoms. The van der Waals surface area contributed by atoms with Crippen LogP contribution in [0.4, 0.5) is 0 Å². The highest BCUT2D eigenvalue weighted by Crippen LogP contribution is 2.14. The third kappa shape index (κ3) is 2.12. The topological polar surface area (TPSA) is 12.9 Å². The molecule has 0 spiro atoms. The third-order valence-electron chi connectivity index (χ3n) is 1.27. The molecule has 0 aliphatic carbocycles. The molecule has 0 aromatic carbocycles. The zero-order chi connectivity index (χ0) is 8.43. The molecule has 1 rings (SSSR count). The van der Waals surface area contributed by atoms with Crippen LogP contribution in [-0.4, -0.2) is 9.31 Å². The first-order valence-electron chi connectivity index (χ1n) is 2.93. The Hall–Kier alpha value is -0.180. The van der Waals surface area contributed by atoms with Gasteiger partial charge in [-0.25, -0.2) is 0 Å². The maximum Gasteiger partial charge on any atom is 0.113 e. The van der Waals surface area contributed by atoms with E-state index in [1.165, 1.54) is 0 Å². The lowest BCUT2D eigenvalue weighted by molar-refractivity contribution is 1.19. The van der Waals surface area contributed by atoms with Gasteiger partial charge in [0.1, 0.15) is 4.32 Å². The average molecular weight is 206 g/mol. The monoisotopic (exact) mass is 205 g/mol. The highest BCUT2D eigenvalue weighted by Gasteiger charge is 2.03. The van der Waals surface area contributed by atoms with Gasteiger partial charge in [0.05, 0.1) is 5.02 Å². The molecule has 0 saturated heterocycles. The Balaban J connectivity index is 3.23. The number of hydrogen-bond acceptors (Lipinski definition) is 2. The van der Waals surface area contributed by atoms with Crippen LogP contribution in [0.5, 0.6) is 0 Å². The van der Waals surface area contributed by atoms with Crippen LogP contribution in [0.15, 0.2) is 12.3 Å². The normalized spacial score (nSPS) is 9.73. The van der Waals surface area contributed by atoms with E-state index in [9.17, 15) is 0 Å². The molecule has 0 N–H and O–H groups in total. The standard InChI is InChI=1S/C7H5Cl2NS/c1-4-6(7(9)11)2-5(8)3-10-4/h2-3H,1H3. The summed E-state index contributed by atoms with van der Waals surface area (Å²) < 4.78 is 0.303. The second-order valence-electron chi connectivity index (χ2n) is 2.06. The van der Waals surface area contributed by atoms with Crippen LogP contribution in [0.2, 0.25) is 5.02 Å². The van der Waals surface area contributed by atoms with E-state index in [1.807, 2.05) is 6.92 Å². The minimum absolute atomic E-state index is 0.303. The lowest BCUT2D eigenvalue weighted by Crippen LogP contribution is -1.94. The van der Waals surface area contributed by atoms with Gasteiger partial charge in [0.2, 0.25) is 0 Å². The number of halogens is 2. The first-order chi connectivity index (χ1) is 5.11. The van der Waals surface area contributed by atoms with Crippen LogP contribution >= 0.6 is 35.4 Å². The summed E-state index contributed by atoms with van der Waals surface area (Å²) in [5.74, 6) is 0. The van der Waals surface area contributed by atoms with Crippen molar-refractivity contribution in [3.8, 4) is 0 Å². The van der Waals surface area contributed by atoms with Crippen LogP contribution in [-0.2, 0) is 0 Å². The lowest BCUT2D eigenvalue weighted by Gasteiger charge is -2.00. The van der Waals surface area contributed by atoms with Gasteiger partial charge in [-0.2, -0.15) is 0 Å². The Morgan fingerprint density at radius 1 is 1.64 bits per heavy atom. The van der Waals surface area contributed by atoms with E-state index >= 15 is 0 Å². The Kier molecular flexibility index (Phi) is 2.82. The first kappa shape index (κ1) is 8.91. The number of aryl methyl sites for hydroxylation is 1. The van der Waals surface area contributed by atoms with Gasteiger partial charge in [0.15, 0.2) is 0 Å². The fourth-order valence-electron chi connectivity index (χ4n) is 0.707. The summed E-state index contributed by atoms with van der Waals surface area (Å²) in [6.07, 6.45) is 1.57. The number of nitrogens with zero attached hydrogens (tertiary/aromatic N) is 1. The van der Waals surface area contributed by atoms with Crippen LogP contribution in [0.1, 0.15) is 11.3 Å². The molecule has 0 radical (unpaired) electrons. The van der Waals surface area contributed by atoms with Crippen LogP contribution in [0.25, 0.3) is 0 Å². The van der Waals surface area contributed by atoms with Crippen molar-refractivity contribution >= 4 is 39.7 Å². The van der Waals surface area contributed by atoms with Crippen molar-refractivity contribution in [1.82, 2.24) is 4.98 Å². The van der Waals surface area contributed by atoms with Crippen molar-refractivity contribution in [3.05, 3.63) is 28.5 Å². The fourth-order valence-corrected chi connectivity index (χ4v) is 1.26. The molecule has 0 aliphatic heterocycles. The highest BCUT2D eigenvalue weighted by molar-refractivity contribution is 7.83. The predicted molar refractivity (Wildman–Crippen MR) is 51.5 cm³/mol. The van der Waals surface area contributed by atoms with E-state index < -0.39 is 0 Å². The maximum absolute atomic E-state index is 5.68. The minimum atomic E-state index is 0.303. The maximum atomic E-state index is 5.68. The third-order valence-corrected chi connectivity index (χ3v) is 1.90. The van der Waals surface area contributed by atoms with Gasteiger partial charge in [-0.1, -0.05) is 35.4 Å². The number of rotatable bonds is 1. The molecular formula is C7H5Cl2NS. The molecule has 0 aliphatic rings. The number of aromatic nitrogens is 1.